The van der Waals surface area contributed by atoms with Crippen molar-refractivity contribution in [3.63, 3.8) is 0 Å². The van der Waals surface area contributed by atoms with Crippen molar-refractivity contribution in [3.05, 3.63) is 55.3 Å². The van der Waals surface area contributed by atoms with Crippen LogP contribution in [0, 0.1) is 0 Å². The number of hydrogen-bond acceptors (Lipinski definition) is 10. The molecule has 0 unspecified atom stereocenters. The predicted molar refractivity (Wildman–Crippen MR) is 139 cm³/mol. The molecule has 0 bridgehead atoms. The van der Waals surface area contributed by atoms with Gasteiger partial charge in [0.15, 0.2) is 0 Å². The summed E-state index contributed by atoms with van der Waals surface area (Å²) in [6.45, 7) is 0. The van der Waals surface area contributed by atoms with E-state index in [1.54, 1.807) is 28.2 Å². The molecule has 1 saturated carbocycles. The standard InChI is InChI=1S/C14H17N3OS2.C8H7N3OS2/c18-12(9-11-7-4-8-19-11)15-14-17-16-13(20-14)10-5-2-1-3-6-10;12-7(4-6-2-1-3-13-6)10-8-11-9-5-14-8/h4,7-8,10H,1-3,5-6,9H2,(H,15,17,18);1-3,5H,4H2,(H,10,11,12). The number of amides is 2. The molecule has 4 aromatic heterocycles. The molecule has 0 aliphatic heterocycles. The van der Waals surface area contributed by atoms with Gasteiger partial charge in [-0.3, -0.25) is 9.59 Å². The number of rotatable bonds is 7. The molecule has 1 aliphatic carbocycles. The number of carbonyl (C=O) groups excluding carboxylic acids is 2. The average Bonchev–Trinajstić information content (AvgIpc) is 3.64. The summed E-state index contributed by atoms with van der Waals surface area (Å²) in [6, 6.07) is 7.79. The Balaban J connectivity index is 0.000000172. The second-order valence-corrected chi connectivity index (χ2v) is 11.5. The van der Waals surface area contributed by atoms with Crippen LogP contribution in [0.3, 0.4) is 0 Å². The van der Waals surface area contributed by atoms with Crippen molar-refractivity contribution < 1.29 is 9.59 Å². The van der Waals surface area contributed by atoms with Gasteiger partial charge in [0.2, 0.25) is 22.1 Å². The number of thiophene rings is 2. The topological polar surface area (TPSA) is 110 Å². The van der Waals surface area contributed by atoms with Crippen molar-refractivity contribution in [2.24, 2.45) is 0 Å². The Morgan fingerprint density at radius 2 is 1.47 bits per heavy atom. The number of nitrogens with zero attached hydrogens (tertiary/aromatic N) is 4. The Kier molecular flexibility index (Phi) is 9.25. The molecule has 1 fully saturated rings. The van der Waals surface area contributed by atoms with E-state index in [9.17, 15) is 9.59 Å². The van der Waals surface area contributed by atoms with Crippen LogP contribution >= 0.6 is 45.3 Å². The Morgan fingerprint density at radius 3 is 2.03 bits per heavy atom. The highest BCUT2D eigenvalue weighted by Gasteiger charge is 2.20. The van der Waals surface area contributed by atoms with Gasteiger partial charge in [-0.1, -0.05) is 54.1 Å². The number of hydrogen-bond donors (Lipinski definition) is 2. The number of anilines is 2. The van der Waals surface area contributed by atoms with E-state index in [0.29, 0.717) is 29.0 Å². The van der Waals surface area contributed by atoms with Crippen molar-refractivity contribution in [2.75, 3.05) is 10.6 Å². The van der Waals surface area contributed by atoms with Gasteiger partial charge in [-0.15, -0.1) is 43.1 Å². The van der Waals surface area contributed by atoms with Gasteiger partial charge < -0.3 is 10.6 Å². The van der Waals surface area contributed by atoms with Crippen LogP contribution in [0.5, 0.6) is 0 Å². The molecular weight excluding hydrogens is 509 g/mol. The number of aromatic nitrogens is 4. The van der Waals surface area contributed by atoms with Gasteiger partial charge in [0.05, 0.1) is 12.8 Å². The maximum atomic E-state index is 11.9. The summed E-state index contributed by atoms with van der Waals surface area (Å²) >= 11 is 6.01. The summed E-state index contributed by atoms with van der Waals surface area (Å²) in [4.78, 5) is 25.4. The first-order valence-corrected chi connectivity index (χ1v) is 14.4. The second kappa shape index (κ2) is 12.8. The monoisotopic (exact) mass is 532 g/mol. The third-order valence-electron chi connectivity index (χ3n) is 5.08. The average molecular weight is 533 g/mol. The summed E-state index contributed by atoms with van der Waals surface area (Å²) in [7, 11) is 0. The normalized spacial score (nSPS) is 13.6. The molecule has 2 amide bonds. The van der Waals surface area contributed by atoms with Gasteiger partial charge >= 0.3 is 0 Å². The minimum absolute atomic E-state index is 0.0150. The lowest BCUT2D eigenvalue weighted by Gasteiger charge is -2.18. The van der Waals surface area contributed by atoms with Gasteiger partial charge in [-0.05, 0) is 35.7 Å². The van der Waals surface area contributed by atoms with Crippen LogP contribution in [0.4, 0.5) is 10.3 Å². The van der Waals surface area contributed by atoms with Crippen LogP contribution in [0.25, 0.3) is 0 Å². The first-order valence-electron chi connectivity index (χ1n) is 10.9. The van der Waals surface area contributed by atoms with E-state index in [-0.39, 0.29) is 11.8 Å². The fraction of sp³-hybridized carbons (Fsp3) is 0.364. The molecule has 12 heteroatoms. The van der Waals surface area contributed by atoms with E-state index < -0.39 is 0 Å². The Morgan fingerprint density at radius 1 is 0.824 bits per heavy atom. The minimum Gasteiger partial charge on any atom is -0.300 e. The van der Waals surface area contributed by atoms with Crippen LogP contribution in [0.15, 0.2) is 40.5 Å². The van der Waals surface area contributed by atoms with Gasteiger partial charge in [0, 0.05) is 15.7 Å². The molecule has 8 nitrogen and oxygen atoms in total. The highest BCUT2D eigenvalue weighted by molar-refractivity contribution is 7.15. The Hall–Kier alpha value is -2.54. The molecular formula is C22H24N6O2S4. The van der Waals surface area contributed by atoms with Gasteiger partial charge in [0.25, 0.3) is 0 Å². The summed E-state index contributed by atoms with van der Waals surface area (Å²) in [5.41, 5.74) is 1.58. The maximum Gasteiger partial charge on any atom is 0.231 e. The van der Waals surface area contributed by atoms with E-state index >= 15 is 0 Å². The summed E-state index contributed by atoms with van der Waals surface area (Å²) < 4.78 is 0. The zero-order chi connectivity index (χ0) is 23.6. The van der Waals surface area contributed by atoms with E-state index in [1.165, 1.54) is 54.8 Å². The molecule has 0 spiro atoms. The van der Waals surface area contributed by atoms with Crippen LogP contribution in [-0.4, -0.2) is 32.2 Å². The predicted octanol–water partition coefficient (Wildman–Crippen LogP) is 5.61. The van der Waals surface area contributed by atoms with Crippen molar-refractivity contribution in [1.29, 1.82) is 0 Å². The molecule has 0 radical (unpaired) electrons. The lowest BCUT2D eigenvalue weighted by atomic mass is 9.90. The molecule has 0 atom stereocenters. The van der Waals surface area contributed by atoms with Crippen LogP contribution in [0.2, 0.25) is 0 Å². The highest BCUT2D eigenvalue weighted by Crippen LogP contribution is 2.35. The van der Waals surface area contributed by atoms with Gasteiger partial charge in [-0.25, -0.2) is 0 Å². The van der Waals surface area contributed by atoms with Crippen molar-refractivity contribution in [1.82, 2.24) is 20.4 Å². The number of nitrogens with one attached hydrogen (secondary N) is 2. The van der Waals surface area contributed by atoms with Crippen molar-refractivity contribution >= 4 is 67.4 Å². The lowest BCUT2D eigenvalue weighted by Crippen LogP contribution is -2.13. The third-order valence-corrected chi connectivity index (χ3v) is 8.44. The van der Waals surface area contributed by atoms with Gasteiger partial charge in [-0.2, -0.15) is 0 Å². The molecule has 4 heterocycles. The van der Waals surface area contributed by atoms with E-state index in [0.717, 1.165) is 14.8 Å². The SMILES string of the molecule is O=C(Cc1cccs1)Nc1nnc(C2CCCCC2)s1.O=C(Cc1cccs1)Nc1nncs1. The quantitative estimate of drug-likeness (QED) is 0.320. The van der Waals surface area contributed by atoms with Crippen molar-refractivity contribution in [3.8, 4) is 0 Å². The Bertz CT molecular complexity index is 1100. The smallest absolute Gasteiger partial charge is 0.231 e. The molecule has 178 valence electrons. The fourth-order valence-electron chi connectivity index (χ4n) is 3.50. The third kappa shape index (κ3) is 7.76. The first kappa shape index (κ1) is 24.6. The lowest BCUT2D eigenvalue weighted by molar-refractivity contribution is -0.116. The molecule has 4 aromatic rings. The molecule has 5 rings (SSSR count). The Labute approximate surface area is 213 Å². The molecule has 1 aliphatic rings. The van der Waals surface area contributed by atoms with E-state index in [1.807, 2.05) is 35.0 Å². The summed E-state index contributed by atoms with van der Waals surface area (Å²) in [5.74, 6) is 0.479. The maximum absolute atomic E-state index is 11.9. The zero-order valence-electron chi connectivity index (χ0n) is 18.3. The molecule has 0 aromatic carbocycles. The zero-order valence-corrected chi connectivity index (χ0v) is 21.6. The van der Waals surface area contributed by atoms with Crippen LogP contribution < -0.4 is 10.6 Å². The largest absolute Gasteiger partial charge is 0.300 e. The highest BCUT2D eigenvalue weighted by atomic mass is 32.1. The fourth-order valence-corrected chi connectivity index (χ4v) is 6.29. The first-order chi connectivity index (χ1) is 16.7. The van der Waals surface area contributed by atoms with E-state index in [2.05, 4.69) is 31.0 Å². The minimum atomic E-state index is -0.0517. The summed E-state index contributed by atoms with van der Waals surface area (Å²) in [5, 5.41) is 27.4. The van der Waals surface area contributed by atoms with Crippen LogP contribution in [0.1, 0.15) is 52.8 Å². The van der Waals surface area contributed by atoms with Gasteiger partial charge in [0.1, 0.15) is 10.5 Å². The number of carbonyl (C=O) groups is 2. The second-order valence-electron chi connectivity index (χ2n) is 7.63. The molecule has 34 heavy (non-hydrogen) atoms. The summed E-state index contributed by atoms with van der Waals surface area (Å²) in [6.07, 6.45) is 7.12. The van der Waals surface area contributed by atoms with Crippen LogP contribution in [-0.2, 0) is 22.4 Å². The van der Waals surface area contributed by atoms with Crippen molar-refractivity contribution in [2.45, 2.75) is 50.9 Å². The molecule has 0 saturated heterocycles. The van der Waals surface area contributed by atoms with E-state index in [4.69, 9.17) is 0 Å². The molecule has 2 N–H and O–H groups in total.